The van der Waals surface area contributed by atoms with E-state index in [9.17, 15) is 0 Å². The molecule has 2 N–H and O–H groups in total. The van der Waals surface area contributed by atoms with Crippen molar-refractivity contribution in [3.63, 3.8) is 0 Å². The molecular formula is C14H20N6. The smallest absolute Gasteiger partial charge is 0.182 e. The van der Waals surface area contributed by atoms with Crippen LogP contribution >= 0.6 is 0 Å². The highest BCUT2D eigenvalue weighted by Crippen LogP contribution is 2.38. The summed E-state index contributed by atoms with van der Waals surface area (Å²) in [4.78, 5) is 18.8. The normalized spacial score (nSPS) is 22.5. The van der Waals surface area contributed by atoms with Crippen LogP contribution in [0.1, 0.15) is 32.1 Å². The van der Waals surface area contributed by atoms with Crippen LogP contribution in [-0.4, -0.2) is 45.1 Å². The summed E-state index contributed by atoms with van der Waals surface area (Å²) >= 11 is 0. The number of hydrogen-bond acceptors (Lipinski definition) is 5. The van der Waals surface area contributed by atoms with Gasteiger partial charge in [-0.3, -0.25) is 0 Å². The second-order valence-corrected chi connectivity index (χ2v) is 5.91. The van der Waals surface area contributed by atoms with Gasteiger partial charge in [-0.15, -0.1) is 0 Å². The number of aromatic nitrogens is 4. The number of imidazole rings is 1. The van der Waals surface area contributed by atoms with Gasteiger partial charge in [0.1, 0.15) is 11.8 Å². The largest absolute Gasteiger partial charge is 0.346 e. The van der Waals surface area contributed by atoms with Crippen molar-refractivity contribution in [2.24, 2.45) is 0 Å². The Labute approximate surface area is 118 Å². The van der Waals surface area contributed by atoms with E-state index in [1.54, 1.807) is 12.7 Å². The summed E-state index contributed by atoms with van der Waals surface area (Å²) in [5, 5.41) is 3.58. The fraction of sp³-hybridized carbons (Fsp3) is 0.643. The first kappa shape index (κ1) is 12.1. The molecule has 0 amide bonds. The summed E-state index contributed by atoms with van der Waals surface area (Å²) in [6, 6.07) is 0. The summed E-state index contributed by atoms with van der Waals surface area (Å²) < 4.78 is 0. The molecule has 0 atom stereocenters. The maximum absolute atomic E-state index is 4.57. The van der Waals surface area contributed by atoms with E-state index in [2.05, 4.69) is 30.2 Å². The van der Waals surface area contributed by atoms with E-state index >= 15 is 0 Å². The lowest BCUT2D eigenvalue weighted by Gasteiger charge is -2.50. The van der Waals surface area contributed by atoms with Gasteiger partial charge >= 0.3 is 0 Å². The first-order chi connectivity index (χ1) is 9.89. The Balaban J connectivity index is 1.79. The molecule has 4 rings (SSSR count). The van der Waals surface area contributed by atoms with Crippen molar-refractivity contribution in [1.82, 2.24) is 25.3 Å². The van der Waals surface area contributed by atoms with Crippen LogP contribution in [0.4, 0.5) is 5.82 Å². The number of aromatic amines is 1. The molecule has 3 heterocycles. The minimum Gasteiger partial charge on any atom is -0.346 e. The Hall–Kier alpha value is -1.69. The predicted octanol–water partition coefficient (Wildman–Crippen LogP) is 1.47. The summed E-state index contributed by atoms with van der Waals surface area (Å²) in [6.45, 7) is 3.08. The quantitative estimate of drug-likeness (QED) is 0.822. The molecule has 0 radical (unpaired) electrons. The van der Waals surface area contributed by atoms with E-state index in [1.165, 1.54) is 32.1 Å². The van der Waals surface area contributed by atoms with E-state index in [4.69, 9.17) is 0 Å². The van der Waals surface area contributed by atoms with Crippen molar-refractivity contribution in [2.75, 3.05) is 24.5 Å². The molecule has 2 aliphatic rings. The molecule has 6 nitrogen and oxygen atoms in total. The predicted molar refractivity (Wildman–Crippen MR) is 77.7 cm³/mol. The van der Waals surface area contributed by atoms with Crippen LogP contribution < -0.4 is 10.2 Å². The van der Waals surface area contributed by atoms with Gasteiger partial charge in [-0.25, -0.2) is 15.0 Å². The van der Waals surface area contributed by atoms with Gasteiger partial charge in [0, 0.05) is 19.6 Å². The zero-order chi connectivity index (χ0) is 13.4. The average Bonchev–Trinajstić information content (AvgIpc) is 2.97. The Morgan fingerprint density at radius 1 is 1.10 bits per heavy atom. The number of nitrogens with zero attached hydrogens (tertiary/aromatic N) is 4. The van der Waals surface area contributed by atoms with Crippen molar-refractivity contribution in [2.45, 2.75) is 37.6 Å². The highest BCUT2D eigenvalue weighted by Gasteiger charge is 2.41. The Morgan fingerprint density at radius 3 is 2.90 bits per heavy atom. The van der Waals surface area contributed by atoms with Gasteiger partial charge < -0.3 is 15.2 Å². The van der Waals surface area contributed by atoms with Gasteiger partial charge in [-0.05, 0) is 12.8 Å². The summed E-state index contributed by atoms with van der Waals surface area (Å²) in [7, 11) is 0. The van der Waals surface area contributed by atoms with Gasteiger partial charge in [-0.1, -0.05) is 19.3 Å². The molecule has 20 heavy (non-hydrogen) atoms. The lowest BCUT2D eigenvalue weighted by Crippen LogP contribution is -2.62. The number of H-pyrrole nitrogens is 1. The van der Waals surface area contributed by atoms with E-state index in [0.717, 1.165) is 36.6 Å². The summed E-state index contributed by atoms with van der Waals surface area (Å²) in [5.74, 6) is 1.02. The number of anilines is 1. The van der Waals surface area contributed by atoms with Crippen LogP contribution in [0, 0.1) is 0 Å². The molecule has 1 aliphatic heterocycles. The average molecular weight is 272 g/mol. The molecule has 2 aromatic heterocycles. The first-order valence-electron chi connectivity index (χ1n) is 7.52. The molecule has 1 spiro atoms. The Bertz CT molecular complexity index is 592. The van der Waals surface area contributed by atoms with Crippen LogP contribution in [0.2, 0.25) is 0 Å². The Morgan fingerprint density at radius 2 is 2.00 bits per heavy atom. The third kappa shape index (κ3) is 1.78. The molecule has 0 unspecified atom stereocenters. The van der Waals surface area contributed by atoms with Gasteiger partial charge in [0.2, 0.25) is 0 Å². The van der Waals surface area contributed by atoms with E-state index < -0.39 is 0 Å². The number of piperazine rings is 1. The van der Waals surface area contributed by atoms with Crippen molar-refractivity contribution in [3.05, 3.63) is 12.7 Å². The highest BCUT2D eigenvalue weighted by molar-refractivity contribution is 5.83. The van der Waals surface area contributed by atoms with Gasteiger partial charge in [0.25, 0.3) is 0 Å². The lowest BCUT2D eigenvalue weighted by atomic mass is 9.79. The fourth-order valence-corrected chi connectivity index (χ4v) is 3.79. The maximum Gasteiger partial charge on any atom is 0.182 e. The fourth-order valence-electron chi connectivity index (χ4n) is 3.79. The van der Waals surface area contributed by atoms with Crippen LogP contribution in [0.5, 0.6) is 0 Å². The molecule has 0 bridgehead atoms. The van der Waals surface area contributed by atoms with Crippen LogP contribution in [0.3, 0.4) is 0 Å². The van der Waals surface area contributed by atoms with Crippen LogP contribution in [0.25, 0.3) is 11.2 Å². The van der Waals surface area contributed by atoms with Crippen LogP contribution in [-0.2, 0) is 0 Å². The Kier molecular flexibility index (Phi) is 2.84. The van der Waals surface area contributed by atoms with Crippen molar-refractivity contribution < 1.29 is 0 Å². The van der Waals surface area contributed by atoms with E-state index in [1.807, 2.05) is 0 Å². The molecule has 1 saturated heterocycles. The standard InChI is InChI=1S/C14H20N6/c1-2-4-14(5-3-1)8-15-6-7-20(14)13-11-12(17-9-16-11)18-10-19-13/h9-10,15H,1-8H2,(H,16,17,18,19). The molecule has 1 saturated carbocycles. The maximum atomic E-state index is 4.57. The van der Waals surface area contributed by atoms with Crippen molar-refractivity contribution in [3.8, 4) is 0 Å². The monoisotopic (exact) mass is 272 g/mol. The summed E-state index contributed by atoms with van der Waals surface area (Å²) in [5.41, 5.74) is 1.96. The minimum absolute atomic E-state index is 0.225. The van der Waals surface area contributed by atoms with Crippen molar-refractivity contribution >= 4 is 17.0 Å². The zero-order valence-electron chi connectivity index (χ0n) is 11.6. The van der Waals surface area contributed by atoms with E-state index in [0.29, 0.717) is 0 Å². The SMILES string of the molecule is c1nc(N2CCNCC23CCCCC3)c2[nH]cnc2n1. The third-order valence-corrected chi connectivity index (χ3v) is 4.78. The van der Waals surface area contributed by atoms with E-state index in [-0.39, 0.29) is 5.54 Å². The second kappa shape index (κ2) is 4.70. The van der Waals surface area contributed by atoms with Crippen LogP contribution in [0.15, 0.2) is 12.7 Å². The van der Waals surface area contributed by atoms with Crippen molar-refractivity contribution in [1.29, 1.82) is 0 Å². The highest BCUT2D eigenvalue weighted by atomic mass is 15.3. The summed E-state index contributed by atoms with van der Waals surface area (Å²) in [6.07, 6.45) is 9.83. The first-order valence-corrected chi connectivity index (χ1v) is 7.52. The lowest BCUT2D eigenvalue weighted by molar-refractivity contribution is 0.240. The molecule has 2 fully saturated rings. The molecular weight excluding hydrogens is 252 g/mol. The minimum atomic E-state index is 0.225. The number of hydrogen-bond donors (Lipinski definition) is 2. The molecule has 1 aliphatic carbocycles. The number of rotatable bonds is 1. The third-order valence-electron chi connectivity index (χ3n) is 4.78. The number of nitrogens with one attached hydrogen (secondary N) is 2. The molecule has 106 valence electrons. The van der Waals surface area contributed by atoms with Gasteiger partial charge in [0.15, 0.2) is 11.5 Å². The molecule has 2 aromatic rings. The molecule has 6 heteroatoms. The topological polar surface area (TPSA) is 69.7 Å². The van der Waals surface area contributed by atoms with Gasteiger partial charge in [0.05, 0.1) is 11.9 Å². The van der Waals surface area contributed by atoms with Gasteiger partial charge in [-0.2, -0.15) is 0 Å². The zero-order valence-corrected chi connectivity index (χ0v) is 11.6. The number of fused-ring (bicyclic) bond motifs is 1. The second-order valence-electron chi connectivity index (χ2n) is 5.91. The molecule has 0 aromatic carbocycles.